The number of methoxy groups -OCH3 is 1. The van der Waals surface area contributed by atoms with Crippen LogP contribution in [0.25, 0.3) is 10.9 Å². The highest BCUT2D eigenvalue weighted by atomic mass is 16.5. The lowest BCUT2D eigenvalue weighted by atomic mass is 10.0. The van der Waals surface area contributed by atoms with E-state index in [1.807, 2.05) is 19.1 Å². The monoisotopic (exact) mass is 440 g/mol. The Morgan fingerprint density at radius 3 is 2.30 bits per heavy atom. The fraction of sp³-hybridized carbons (Fsp3) is 0.148. The molecule has 1 heterocycles. The Hall–Kier alpha value is -4.19. The molecular formula is C27H24N2O4. The summed E-state index contributed by atoms with van der Waals surface area (Å²) in [5.74, 6) is 0.0481. The molecule has 1 N–H and O–H groups in total. The van der Waals surface area contributed by atoms with Crippen molar-refractivity contribution in [1.82, 2.24) is 4.57 Å². The van der Waals surface area contributed by atoms with E-state index in [2.05, 4.69) is 5.32 Å². The summed E-state index contributed by atoms with van der Waals surface area (Å²) in [5, 5.41) is 3.23. The van der Waals surface area contributed by atoms with Crippen LogP contribution in [0.5, 0.6) is 5.75 Å². The second kappa shape index (κ2) is 9.53. The van der Waals surface area contributed by atoms with Crippen LogP contribution in [0, 0.1) is 0 Å². The van der Waals surface area contributed by atoms with Crippen molar-refractivity contribution in [1.29, 1.82) is 0 Å². The topological polar surface area (TPSA) is 77.4 Å². The van der Waals surface area contributed by atoms with E-state index < -0.39 is 0 Å². The normalized spacial score (nSPS) is 10.7. The molecule has 6 nitrogen and oxygen atoms in total. The van der Waals surface area contributed by atoms with Crippen LogP contribution in [-0.4, -0.2) is 23.4 Å². The average Bonchev–Trinajstić information content (AvgIpc) is 2.86. The minimum Gasteiger partial charge on any atom is -0.497 e. The molecule has 0 radical (unpaired) electrons. The average molecular weight is 440 g/mol. The summed E-state index contributed by atoms with van der Waals surface area (Å²) in [6.45, 7) is 1.98. The molecule has 3 aromatic carbocycles. The molecule has 1 aromatic heterocycles. The van der Waals surface area contributed by atoms with Gasteiger partial charge in [-0.1, -0.05) is 43.3 Å². The summed E-state index contributed by atoms with van der Waals surface area (Å²) in [6, 6.07) is 21.2. The van der Waals surface area contributed by atoms with E-state index in [1.165, 1.54) is 6.20 Å². The van der Waals surface area contributed by atoms with Crippen molar-refractivity contribution in [3.8, 4) is 5.75 Å². The third kappa shape index (κ3) is 4.70. The van der Waals surface area contributed by atoms with Crippen LogP contribution in [0.3, 0.4) is 0 Å². The predicted molar refractivity (Wildman–Crippen MR) is 129 cm³/mol. The zero-order valence-corrected chi connectivity index (χ0v) is 18.5. The maximum absolute atomic E-state index is 13.2. The molecular weight excluding hydrogens is 416 g/mol. The Labute approximate surface area is 191 Å². The van der Waals surface area contributed by atoms with Crippen LogP contribution in [0.2, 0.25) is 0 Å². The van der Waals surface area contributed by atoms with E-state index in [4.69, 9.17) is 4.74 Å². The minimum absolute atomic E-state index is 0.0372. The van der Waals surface area contributed by atoms with Crippen molar-refractivity contribution in [2.45, 2.75) is 19.9 Å². The maximum atomic E-state index is 13.2. The number of benzene rings is 3. The molecule has 1 amide bonds. The molecule has 0 spiro atoms. The number of para-hydroxylation sites is 1. The first-order valence-electron chi connectivity index (χ1n) is 10.7. The summed E-state index contributed by atoms with van der Waals surface area (Å²) in [4.78, 5) is 39.0. The molecule has 166 valence electrons. The third-order valence-electron chi connectivity index (χ3n) is 5.54. The molecule has 0 unspecified atom stereocenters. The molecule has 0 fully saturated rings. The Bertz CT molecular complexity index is 1370. The van der Waals surface area contributed by atoms with Gasteiger partial charge in [0, 0.05) is 22.8 Å². The molecule has 6 heteroatoms. The van der Waals surface area contributed by atoms with E-state index in [9.17, 15) is 14.4 Å². The summed E-state index contributed by atoms with van der Waals surface area (Å²) in [6.07, 6.45) is 2.34. The molecule has 0 atom stereocenters. The van der Waals surface area contributed by atoms with Gasteiger partial charge in [0.15, 0.2) is 5.78 Å². The lowest BCUT2D eigenvalue weighted by Gasteiger charge is -2.14. The number of aromatic nitrogens is 1. The van der Waals surface area contributed by atoms with Gasteiger partial charge in [-0.2, -0.15) is 0 Å². The van der Waals surface area contributed by atoms with Gasteiger partial charge in [0.25, 0.3) is 0 Å². The zero-order chi connectivity index (χ0) is 23.4. The van der Waals surface area contributed by atoms with Crippen molar-refractivity contribution in [2.24, 2.45) is 0 Å². The number of ketones is 1. The number of carbonyl (C=O) groups is 2. The van der Waals surface area contributed by atoms with E-state index >= 15 is 0 Å². The number of hydrogen-bond donors (Lipinski definition) is 1. The van der Waals surface area contributed by atoms with Crippen LogP contribution >= 0.6 is 0 Å². The van der Waals surface area contributed by atoms with Gasteiger partial charge in [0.2, 0.25) is 11.3 Å². The number of amides is 1. The van der Waals surface area contributed by atoms with Gasteiger partial charge >= 0.3 is 0 Å². The van der Waals surface area contributed by atoms with Crippen LogP contribution in [0.15, 0.2) is 83.8 Å². The Kier molecular flexibility index (Phi) is 6.36. The number of nitrogens with zero attached hydrogens (tertiary/aromatic N) is 1. The molecule has 0 aliphatic carbocycles. The summed E-state index contributed by atoms with van der Waals surface area (Å²) >= 11 is 0. The number of fused-ring (bicyclic) bond motifs is 1. The van der Waals surface area contributed by atoms with E-state index in [0.29, 0.717) is 27.9 Å². The van der Waals surface area contributed by atoms with Gasteiger partial charge in [0.1, 0.15) is 12.3 Å². The molecule has 0 saturated heterocycles. The number of ether oxygens (including phenoxy) is 1. The van der Waals surface area contributed by atoms with E-state index in [0.717, 1.165) is 12.0 Å². The van der Waals surface area contributed by atoms with Crippen LogP contribution < -0.4 is 15.5 Å². The summed E-state index contributed by atoms with van der Waals surface area (Å²) in [7, 11) is 1.58. The second-order valence-corrected chi connectivity index (χ2v) is 7.67. The Morgan fingerprint density at radius 1 is 0.939 bits per heavy atom. The smallest absolute Gasteiger partial charge is 0.244 e. The lowest BCUT2D eigenvalue weighted by molar-refractivity contribution is -0.116. The van der Waals surface area contributed by atoms with Crippen LogP contribution in [-0.2, 0) is 17.8 Å². The Morgan fingerprint density at radius 2 is 1.64 bits per heavy atom. The standard InChI is InChI=1S/C27H24N2O4/c1-3-18-8-10-19(11-9-18)26(31)23-16-29(24-7-5-4-6-22(24)27(23)32)17-25(30)28-20-12-14-21(33-2)15-13-20/h4-16H,3,17H2,1-2H3,(H,28,30). The number of pyridine rings is 1. The van der Waals surface area contributed by atoms with Gasteiger partial charge in [0.05, 0.1) is 18.2 Å². The highest BCUT2D eigenvalue weighted by molar-refractivity contribution is 6.10. The number of hydrogen-bond acceptors (Lipinski definition) is 4. The first-order chi connectivity index (χ1) is 16.0. The number of nitrogens with one attached hydrogen (secondary N) is 1. The highest BCUT2D eigenvalue weighted by Crippen LogP contribution is 2.17. The second-order valence-electron chi connectivity index (χ2n) is 7.67. The first-order valence-corrected chi connectivity index (χ1v) is 10.7. The fourth-order valence-corrected chi connectivity index (χ4v) is 3.71. The quantitative estimate of drug-likeness (QED) is 0.431. The molecule has 0 aliphatic rings. The molecule has 33 heavy (non-hydrogen) atoms. The highest BCUT2D eigenvalue weighted by Gasteiger charge is 2.18. The molecule has 4 rings (SSSR count). The molecule has 0 bridgehead atoms. The zero-order valence-electron chi connectivity index (χ0n) is 18.5. The molecule has 0 saturated carbocycles. The first kappa shape index (κ1) is 22.0. The third-order valence-corrected chi connectivity index (χ3v) is 5.54. The van der Waals surface area contributed by atoms with Crippen molar-refractivity contribution < 1.29 is 14.3 Å². The number of anilines is 1. The number of aryl methyl sites for hydroxylation is 1. The van der Waals surface area contributed by atoms with Crippen molar-refractivity contribution >= 4 is 28.3 Å². The largest absolute Gasteiger partial charge is 0.497 e. The van der Waals surface area contributed by atoms with Crippen LogP contribution in [0.1, 0.15) is 28.4 Å². The van der Waals surface area contributed by atoms with Gasteiger partial charge in [-0.15, -0.1) is 0 Å². The van der Waals surface area contributed by atoms with Crippen molar-refractivity contribution in [3.63, 3.8) is 0 Å². The van der Waals surface area contributed by atoms with Gasteiger partial charge in [-0.05, 0) is 48.4 Å². The lowest BCUT2D eigenvalue weighted by Crippen LogP contribution is -2.24. The van der Waals surface area contributed by atoms with Crippen molar-refractivity contribution in [3.05, 3.63) is 106 Å². The van der Waals surface area contributed by atoms with Crippen LogP contribution in [0.4, 0.5) is 5.69 Å². The minimum atomic E-state index is -0.363. The predicted octanol–water partition coefficient (Wildman–Crippen LogP) is 4.44. The van der Waals surface area contributed by atoms with Gasteiger partial charge < -0.3 is 14.6 Å². The van der Waals surface area contributed by atoms with E-state index in [-0.39, 0.29) is 29.2 Å². The Balaban J connectivity index is 1.68. The van der Waals surface area contributed by atoms with Gasteiger partial charge in [-0.25, -0.2) is 0 Å². The molecule has 0 aliphatic heterocycles. The SMILES string of the molecule is CCc1ccc(C(=O)c2cn(CC(=O)Nc3ccc(OC)cc3)c3ccccc3c2=O)cc1. The number of rotatable bonds is 7. The fourth-order valence-electron chi connectivity index (χ4n) is 3.71. The maximum Gasteiger partial charge on any atom is 0.244 e. The summed E-state index contributed by atoms with van der Waals surface area (Å²) < 4.78 is 6.78. The molecule has 4 aromatic rings. The van der Waals surface area contributed by atoms with Gasteiger partial charge in [-0.3, -0.25) is 14.4 Å². The van der Waals surface area contributed by atoms with Crippen molar-refractivity contribution in [2.75, 3.05) is 12.4 Å². The number of carbonyl (C=O) groups excluding carboxylic acids is 2. The summed E-state index contributed by atoms with van der Waals surface area (Å²) in [5.41, 5.74) is 2.45. The van der Waals surface area contributed by atoms with E-state index in [1.54, 1.807) is 72.3 Å².